The lowest BCUT2D eigenvalue weighted by Crippen LogP contribution is -2.38. The molecule has 2 aromatic rings. The fourth-order valence-corrected chi connectivity index (χ4v) is 3.17. The van der Waals surface area contributed by atoms with Crippen molar-refractivity contribution in [2.45, 2.75) is 44.7 Å². The highest BCUT2D eigenvalue weighted by Crippen LogP contribution is 2.19. The molecule has 0 radical (unpaired) electrons. The standard InChI is InChI=1S/C17H20ClFN4O/c18-16-8-13(19)7-6-12(16)10-23-11-15(9-20-23)22-17(24)21-14-4-2-1-3-5-14/h6-9,11,14H,1-5,10H2,(H2,21,22,24). The van der Waals surface area contributed by atoms with Gasteiger partial charge in [0.25, 0.3) is 0 Å². The fourth-order valence-electron chi connectivity index (χ4n) is 2.94. The lowest BCUT2D eigenvalue weighted by Gasteiger charge is -2.22. The van der Waals surface area contributed by atoms with Crippen LogP contribution in [-0.2, 0) is 6.54 Å². The number of nitrogens with zero attached hydrogens (tertiary/aromatic N) is 2. The molecule has 1 aromatic heterocycles. The molecule has 0 atom stereocenters. The Balaban J connectivity index is 1.55. The summed E-state index contributed by atoms with van der Waals surface area (Å²) in [6.07, 6.45) is 8.96. The van der Waals surface area contributed by atoms with E-state index >= 15 is 0 Å². The van der Waals surface area contributed by atoms with E-state index in [4.69, 9.17) is 11.6 Å². The average Bonchev–Trinajstić information content (AvgIpc) is 2.98. The van der Waals surface area contributed by atoms with Crippen molar-refractivity contribution in [1.82, 2.24) is 15.1 Å². The van der Waals surface area contributed by atoms with Gasteiger partial charge in [0.2, 0.25) is 0 Å². The second kappa shape index (κ2) is 7.66. The summed E-state index contributed by atoms with van der Waals surface area (Å²) in [4.78, 5) is 12.0. The Hall–Kier alpha value is -2.08. The molecule has 1 aliphatic carbocycles. The van der Waals surface area contributed by atoms with Crippen LogP contribution in [0.1, 0.15) is 37.7 Å². The number of hydrogen-bond acceptors (Lipinski definition) is 2. The molecule has 1 fully saturated rings. The van der Waals surface area contributed by atoms with E-state index in [-0.39, 0.29) is 17.9 Å². The molecule has 3 rings (SSSR count). The molecular formula is C17H20ClFN4O. The van der Waals surface area contributed by atoms with Crippen molar-refractivity contribution in [3.05, 3.63) is 47.0 Å². The predicted octanol–water partition coefficient (Wildman–Crippen LogP) is 4.18. The Morgan fingerprint density at radius 2 is 2.12 bits per heavy atom. The van der Waals surface area contributed by atoms with Gasteiger partial charge in [-0.2, -0.15) is 5.10 Å². The monoisotopic (exact) mass is 350 g/mol. The number of anilines is 1. The number of amides is 2. The Morgan fingerprint density at radius 3 is 2.88 bits per heavy atom. The largest absolute Gasteiger partial charge is 0.335 e. The molecule has 0 aliphatic heterocycles. The first-order chi connectivity index (χ1) is 11.6. The molecular weight excluding hydrogens is 331 g/mol. The molecule has 1 saturated carbocycles. The van der Waals surface area contributed by atoms with E-state index in [1.807, 2.05) is 0 Å². The number of carbonyl (C=O) groups excluding carboxylic acids is 1. The van der Waals surface area contributed by atoms with E-state index in [2.05, 4.69) is 15.7 Å². The molecule has 1 heterocycles. The Labute approximate surface area is 145 Å². The predicted molar refractivity (Wildman–Crippen MR) is 91.8 cm³/mol. The number of carbonyl (C=O) groups is 1. The Kier molecular flexibility index (Phi) is 5.35. The molecule has 24 heavy (non-hydrogen) atoms. The molecule has 5 nitrogen and oxygen atoms in total. The molecule has 0 unspecified atom stereocenters. The minimum absolute atomic E-state index is 0.207. The molecule has 0 saturated heterocycles. The molecule has 7 heteroatoms. The fraction of sp³-hybridized carbons (Fsp3) is 0.412. The first kappa shape index (κ1) is 16.8. The van der Waals surface area contributed by atoms with Crippen LogP contribution in [0.2, 0.25) is 5.02 Å². The lowest BCUT2D eigenvalue weighted by atomic mass is 9.96. The van der Waals surface area contributed by atoms with Gasteiger partial charge in [-0.25, -0.2) is 9.18 Å². The van der Waals surface area contributed by atoms with Crippen LogP contribution in [0.25, 0.3) is 0 Å². The van der Waals surface area contributed by atoms with E-state index in [1.165, 1.54) is 31.4 Å². The average molecular weight is 351 g/mol. The van der Waals surface area contributed by atoms with Gasteiger partial charge in [0, 0.05) is 17.3 Å². The lowest BCUT2D eigenvalue weighted by molar-refractivity contribution is 0.244. The third kappa shape index (κ3) is 4.47. The molecule has 0 spiro atoms. The van der Waals surface area contributed by atoms with Gasteiger partial charge in [-0.15, -0.1) is 0 Å². The number of halogens is 2. The van der Waals surface area contributed by atoms with E-state index < -0.39 is 0 Å². The van der Waals surface area contributed by atoms with E-state index in [1.54, 1.807) is 23.1 Å². The summed E-state index contributed by atoms with van der Waals surface area (Å²) >= 11 is 6.02. The summed E-state index contributed by atoms with van der Waals surface area (Å²) in [6, 6.07) is 4.31. The summed E-state index contributed by atoms with van der Waals surface area (Å²) in [5.41, 5.74) is 1.38. The van der Waals surface area contributed by atoms with Crippen molar-refractivity contribution in [3.8, 4) is 0 Å². The first-order valence-electron chi connectivity index (χ1n) is 8.14. The van der Waals surface area contributed by atoms with Crippen LogP contribution in [0, 0.1) is 5.82 Å². The number of aromatic nitrogens is 2. The summed E-state index contributed by atoms with van der Waals surface area (Å²) in [5, 5.41) is 10.3. The maximum absolute atomic E-state index is 13.1. The molecule has 2 N–H and O–H groups in total. The van der Waals surface area contributed by atoms with Crippen LogP contribution >= 0.6 is 11.6 Å². The van der Waals surface area contributed by atoms with Crippen LogP contribution < -0.4 is 10.6 Å². The molecule has 0 bridgehead atoms. The van der Waals surface area contributed by atoms with Gasteiger partial charge in [-0.05, 0) is 30.5 Å². The highest BCUT2D eigenvalue weighted by Gasteiger charge is 2.16. The quantitative estimate of drug-likeness (QED) is 0.869. The number of benzene rings is 1. The van der Waals surface area contributed by atoms with Crippen LogP contribution in [0.3, 0.4) is 0 Å². The third-order valence-corrected chi connectivity index (χ3v) is 4.53. The number of hydrogen-bond donors (Lipinski definition) is 2. The van der Waals surface area contributed by atoms with Crippen LogP contribution in [0.5, 0.6) is 0 Å². The van der Waals surface area contributed by atoms with Crippen molar-refractivity contribution in [2.24, 2.45) is 0 Å². The highest BCUT2D eigenvalue weighted by atomic mass is 35.5. The van der Waals surface area contributed by atoms with Crippen LogP contribution in [0.4, 0.5) is 14.9 Å². The molecule has 2 amide bonds. The van der Waals surface area contributed by atoms with Crippen LogP contribution in [-0.4, -0.2) is 21.9 Å². The van der Waals surface area contributed by atoms with E-state index in [0.29, 0.717) is 17.3 Å². The van der Waals surface area contributed by atoms with Crippen LogP contribution in [0.15, 0.2) is 30.6 Å². The van der Waals surface area contributed by atoms with E-state index in [9.17, 15) is 9.18 Å². The zero-order chi connectivity index (χ0) is 16.9. The minimum Gasteiger partial charge on any atom is -0.335 e. The van der Waals surface area contributed by atoms with Crippen molar-refractivity contribution in [2.75, 3.05) is 5.32 Å². The topological polar surface area (TPSA) is 59.0 Å². The maximum atomic E-state index is 13.1. The second-order valence-corrected chi connectivity index (χ2v) is 6.50. The van der Waals surface area contributed by atoms with Gasteiger partial charge < -0.3 is 10.6 Å². The molecule has 1 aromatic carbocycles. The first-order valence-corrected chi connectivity index (χ1v) is 8.52. The zero-order valence-electron chi connectivity index (χ0n) is 13.3. The third-order valence-electron chi connectivity index (χ3n) is 4.18. The summed E-state index contributed by atoms with van der Waals surface area (Å²) < 4.78 is 14.7. The van der Waals surface area contributed by atoms with Gasteiger partial charge in [-0.1, -0.05) is 36.9 Å². The Morgan fingerprint density at radius 1 is 1.33 bits per heavy atom. The van der Waals surface area contributed by atoms with Crippen molar-refractivity contribution < 1.29 is 9.18 Å². The van der Waals surface area contributed by atoms with Crippen molar-refractivity contribution in [1.29, 1.82) is 0 Å². The van der Waals surface area contributed by atoms with Gasteiger partial charge >= 0.3 is 6.03 Å². The van der Waals surface area contributed by atoms with E-state index in [0.717, 1.165) is 18.4 Å². The van der Waals surface area contributed by atoms with Crippen molar-refractivity contribution >= 4 is 23.3 Å². The summed E-state index contributed by atoms with van der Waals surface area (Å²) in [5.74, 6) is -0.369. The SMILES string of the molecule is O=C(Nc1cnn(Cc2ccc(F)cc2Cl)c1)NC1CCCCC1. The zero-order valence-corrected chi connectivity index (χ0v) is 14.0. The summed E-state index contributed by atoms with van der Waals surface area (Å²) in [6.45, 7) is 0.408. The number of rotatable bonds is 4. The number of urea groups is 1. The minimum atomic E-state index is -0.369. The maximum Gasteiger partial charge on any atom is 0.319 e. The molecule has 128 valence electrons. The molecule has 1 aliphatic rings. The smallest absolute Gasteiger partial charge is 0.319 e. The second-order valence-electron chi connectivity index (χ2n) is 6.10. The highest BCUT2D eigenvalue weighted by molar-refractivity contribution is 6.31. The number of nitrogens with one attached hydrogen (secondary N) is 2. The van der Waals surface area contributed by atoms with Gasteiger partial charge in [0.15, 0.2) is 0 Å². The Bertz CT molecular complexity index is 712. The normalized spacial score (nSPS) is 15.2. The van der Waals surface area contributed by atoms with Gasteiger partial charge in [0.05, 0.1) is 18.4 Å². The van der Waals surface area contributed by atoms with Crippen molar-refractivity contribution in [3.63, 3.8) is 0 Å². The van der Waals surface area contributed by atoms with Gasteiger partial charge in [-0.3, -0.25) is 4.68 Å². The van der Waals surface area contributed by atoms with Gasteiger partial charge in [0.1, 0.15) is 5.82 Å². The summed E-state index contributed by atoms with van der Waals surface area (Å²) in [7, 11) is 0.